The van der Waals surface area contributed by atoms with E-state index < -0.39 is 0 Å². The highest BCUT2D eigenvalue weighted by Crippen LogP contribution is 2.12. The molecule has 1 aromatic carbocycles. The van der Waals surface area contributed by atoms with Crippen molar-refractivity contribution >= 4 is 18.1 Å². The highest BCUT2D eigenvalue weighted by Gasteiger charge is 2.25. The van der Waals surface area contributed by atoms with Crippen molar-refractivity contribution in [3.05, 3.63) is 35.5 Å². The Balaban J connectivity index is 2.21. The van der Waals surface area contributed by atoms with Crippen molar-refractivity contribution in [1.82, 2.24) is 5.27 Å². The van der Waals surface area contributed by atoms with Crippen LogP contribution in [0.5, 0.6) is 5.75 Å². The number of aldehydes is 1. The Hall–Kier alpha value is -2.70. The maximum absolute atomic E-state index is 11.1. The van der Waals surface area contributed by atoms with E-state index in [0.717, 1.165) is 11.3 Å². The summed E-state index contributed by atoms with van der Waals surface area (Å²) in [6.45, 7) is 1.67. The molecule has 0 unspecified atom stereocenters. The average Bonchev–Trinajstić information content (AvgIpc) is 2.80. The number of anilines is 1. The average molecular weight is 276 g/mol. The van der Waals surface area contributed by atoms with Gasteiger partial charge in [-0.05, 0) is 28.9 Å². The number of carbonyl (C=O) groups is 2. The van der Waals surface area contributed by atoms with Crippen molar-refractivity contribution in [2.75, 3.05) is 12.4 Å². The number of amides is 1. The Bertz CT molecular complexity index is 619. The molecule has 0 bridgehead atoms. The molecule has 7 nitrogen and oxygen atoms in total. The summed E-state index contributed by atoms with van der Waals surface area (Å²) in [6.07, 6.45) is 0.589. The molecule has 1 heterocycles. The van der Waals surface area contributed by atoms with Gasteiger partial charge in [0.25, 0.3) is 0 Å². The number of nitrogens with one attached hydrogen (secondary N) is 1. The first kappa shape index (κ1) is 13.7. The first-order valence-electron chi connectivity index (χ1n) is 5.89. The van der Waals surface area contributed by atoms with Crippen molar-refractivity contribution < 1.29 is 23.5 Å². The molecule has 1 aromatic heterocycles. The van der Waals surface area contributed by atoms with Crippen LogP contribution in [0.1, 0.15) is 23.0 Å². The fourth-order valence-electron chi connectivity index (χ4n) is 1.68. The number of rotatable bonds is 5. The first-order valence-corrected chi connectivity index (χ1v) is 5.89. The van der Waals surface area contributed by atoms with Crippen LogP contribution in [0.2, 0.25) is 0 Å². The van der Waals surface area contributed by atoms with Gasteiger partial charge in [0.05, 0.1) is 7.11 Å². The van der Waals surface area contributed by atoms with E-state index in [1.807, 2.05) is 24.3 Å². The van der Waals surface area contributed by atoms with Crippen LogP contribution in [0.15, 0.2) is 28.8 Å². The van der Waals surface area contributed by atoms with E-state index in [1.165, 1.54) is 11.6 Å². The molecular formula is C13H14N3O4+. The molecule has 0 radical (unpaired) electrons. The summed E-state index contributed by atoms with van der Waals surface area (Å²) in [4.78, 5) is 22.1. The smallest absolute Gasteiger partial charge is 0.337 e. The van der Waals surface area contributed by atoms with E-state index in [4.69, 9.17) is 9.26 Å². The van der Waals surface area contributed by atoms with Crippen molar-refractivity contribution in [3.63, 3.8) is 0 Å². The fraction of sp³-hybridized carbons (Fsp3) is 0.231. The third-order valence-electron chi connectivity index (χ3n) is 2.63. The number of benzene rings is 1. The number of nitrogens with zero attached hydrogens (tertiary/aromatic N) is 2. The molecule has 104 valence electrons. The molecular weight excluding hydrogens is 262 g/mol. The molecule has 0 atom stereocenters. The van der Waals surface area contributed by atoms with Gasteiger partial charge in [-0.2, -0.15) is 0 Å². The molecule has 0 aliphatic rings. The number of ether oxygens (including phenoxy) is 1. The second-order valence-corrected chi connectivity index (χ2v) is 4.09. The van der Waals surface area contributed by atoms with E-state index >= 15 is 0 Å². The second-order valence-electron chi connectivity index (χ2n) is 4.09. The maximum atomic E-state index is 11.1. The Morgan fingerprint density at radius 2 is 2.15 bits per heavy atom. The molecule has 1 N–H and O–H groups in total. The van der Waals surface area contributed by atoms with Crippen LogP contribution >= 0.6 is 0 Å². The van der Waals surface area contributed by atoms with E-state index in [0.29, 0.717) is 12.8 Å². The van der Waals surface area contributed by atoms with Crippen LogP contribution in [-0.2, 0) is 11.3 Å². The molecule has 0 saturated heterocycles. The van der Waals surface area contributed by atoms with Gasteiger partial charge in [0.2, 0.25) is 24.0 Å². The summed E-state index contributed by atoms with van der Waals surface area (Å²) in [5.74, 6) is 0.454. The maximum Gasteiger partial charge on any atom is 0.337 e. The third kappa shape index (κ3) is 3.00. The molecule has 0 saturated carbocycles. The second kappa shape index (κ2) is 5.96. The van der Waals surface area contributed by atoms with Gasteiger partial charge in [-0.1, -0.05) is 0 Å². The van der Waals surface area contributed by atoms with Crippen molar-refractivity contribution in [2.24, 2.45) is 0 Å². The van der Waals surface area contributed by atoms with E-state index in [1.54, 1.807) is 7.11 Å². The normalized spacial score (nSPS) is 10.1. The minimum absolute atomic E-state index is 0.0426. The zero-order valence-corrected chi connectivity index (χ0v) is 11.1. The first-order chi connectivity index (χ1) is 9.63. The van der Waals surface area contributed by atoms with Crippen molar-refractivity contribution in [2.45, 2.75) is 13.5 Å². The van der Waals surface area contributed by atoms with Crippen molar-refractivity contribution in [3.8, 4) is 5.75 Å². The third-order valence-corrected chi connectivity index (χ3v) is 2.63. The predicted molar refractivity (Wildman–Crippen MR) is 68.5 cm³/mol. The fourth-order valence-corrected chi connectivity index (χ4v) is 1.68. The molecule has 0 aliphatic heterocycles. The standard InChI is InChI=1S/C13H13N3O4/c1-9(18)14-13-12(8-17)16(15-20-13)7-10-3-5-11(19-2)6-4-10/h3-6,8H,7H2,1-2H3/p+1. The van der Waals surface area contributed by atoms with E-state index in [2.05, 4.69) is 10.6 Å². The summed E-state index contributed by atoms with van der Waals surface area (Å²) in [5.41, 5.74) is 1.09. The summed E-state index contributed by atoms with van der Waals surface area (Å²) < 4.78 is 11.4. The lowest BCUT2D eigenvalue weighted by molar-refractivity contribution is -0.755. The largest absolute Gasteiger partial charge is 0.497 e. The van der Waals surface area contributed by atoms with Crippen LogP contribution < -0.4 is 14.7 Å². The summed E-state index contributed by atoms with van der Waals surface area (Å²) in [5, 5.41) is 6.15. The molecule has 0 spiro atoms. The molecule has 20 heavy (non-hydrogen) atoms. The monoisotopic (exact) mass is 276 g/mol. The Kier molecular flexibility index (Phi) is 4.09. The van der Waals surface area contributed by atoms with E-state index in [-0.39, 0.29) is 17.5 Å². The number of aromatic nitrogens is 2. The van der Waals surface area contributed by atoms with Gasteiger partial charge in [0.15, 0.2) is 0 Å². The zero-order valence-electron chi connectivity index (χ0n) is 11.1. The van der Waals surface area contributed by atoms with Gasteiger partial charge < -0.3 is 4.74 Å². The topological polar surface area (TPSA) is 85.3 Å². The number of hydrogen-bond acceptors (Lipinski definition) is 5. The van der Waals surface area contributed by atoms with Crippen LogP contribution in [0.3, 0.4) is 0 Å². The van der Waals surface area contributed by atoms with Crippen LogP contribution in [0.4, 0.5) is 5.88 Å². The van der Waals surface area contributed by atoms with Gasteiger partial charge in [0, 0.05) is 12.5 Å². The Morgan fingerprint density at radius 3 is 2.70 bits per heavy atom. The Morgan fingerprint density at radius 1 is 1.45 bits per heavy atom. The number of hydrogen-bond donors (Lipinski definition) is 1. The minimum atomic E-state index is -0.333. The number of methoxy groups -OCH3 is 1. The van der Waals surface area contributed by atoms with Gasteiger partial charge in [-0.25, -0.2) is 0 Å². The quantitative estimate of drug-likeness (QED) is 0.644. The summed E-state index contributed by atoms with van der Waals surface area (Å²) >= 11 is 0. The van der Waals surface area contributed by atoms with Gasteiger partial charge in [0.1, 0.15) is 5.75 Å². The Labute approximate surface area is 115 Å². The highest BCUT2D eigenvalue weighted by molar-refractivity contribution is 5.91. The molecule has 7 heteroatoms. The molecule has 1 amide bonds. The minimum Gasteiger partial charge on any atom is -0.497 e. The lowest BCUT2D eigenvalue weighted by atomic mass is 10.2. The number of carbonyl (C=O) groups excluding carboxylic acids is 2. The SMILES string of the molecule is COc1ccc(C[n+]2noc(NC(C)=O)c2C=O)cc1. The zero-order chi connectivity index (χ0) is 14.5. The van der Waals surface area contributed by atoms with Crippen LogP contribution in [0.25, 0.3) is 0 Å². The predicted octanol–water partition coefficient (Wildman–Crippen LogP) is 0.790. The van der Waals surface area contributed by atoms with E-state index in [9.17, 15) is 9.59 Å². The van der Waals surface area contributed by atoms with Crippen molar-refractivity contribution in [1.29, 1.82) is 0 Å². The lowest BCUT2D eigenvalue weighted by Gasteiger charge is -1.99. The summed E-state index contributed by atoms with van der Waals surface area (Å²) in [6, 6.07) is 7.33. The highest BCUT2D eigenvalue weighted by atomic mass is 16.5. The molecule has 0 fully saturated rings. The van der Waals surface area contributed by atoms with Crippen LogP contribution in [-0.4, -0.2) is 24.6 Å². The van der Waals surface area contributed by atoms with Gasteiger partial charge >= 0.3 is 11.6 Å². The van der Waals surface area contributed by atoms with Gasteiger partial charge in [-0.3, -0.25) is 19.4 Å². The molecule has 2 aromatic rings. The molecule has 2 rings (SSSR count). The summed E-state index contributed by atoms with van der Waals surface area (Å²) in [7, 11) is 1.59. The van der Waals surface area contributed by atoms with Crippen LogP contribution in [0, 0.1) is 0 Å². The van der Waals surface area contributed by atoms with Gasteiger partial charge in [-0.15, -0.1) is 0 Å². The molecule has 0 aliphatic carbocycles. The lowest BCUT2D eigenvalue weighted by Crippen LogP contribution is -2.40.